The Bertz CT molecular complexity index is 631. The number of piperidine rings is 1. The lowest BCUT2D eigenvalue weighted by atomic mass is 10.1. The van der Waals surface area contributed by atoms with Crippen LogP contribution in [0.2, 0.25) is 5.02 Å². The van der Waals surface area contributed by atoms with Crippen LogP contribution in [0, 0.1) is 4.77 Å². The van der Waals surface area contributed by atoms with Crippen molar-refractivity contribution in [3.05, 3.63) is 28.0 Å². The number of fused-ring (bicyclic) bond motifs is 1. The predicted octanol–water partition coefficient (Wildman–Crippen LogP) is 3.62. The van der Waals surface area contributed by atoms with E-state index in [9.17, 15) is 0 Å². The normalized spacial score (nSPS) is 21.6. The first kappa shape index (κ1) is 12.2. The fraction of sp³-hybridized carbons (Fsp3) is 0.462. The summed E-state index contributed by atoms with van der Waals surface area (Å²) in [5.41, 5.74) is 2.07. The van der Waals surface area contributed by atoms with Crippen molar-refractivity contribution in [3.8, 4) is 0 Å². The van der Waals surface area contributed by atoms with Crippen LogP contribution in [0.5, 0.6) is 0 Å². The number of aromatic amines is 1. The minimum absolute atomic E-state index is 0.421. The third-order valence-electron chi connectivity index (χ3n) is 3.65. The third kappa shape index (κ3) is 1.98. The zero-order chi connectivity index (χ0) is 12.7. The summed E-state index contributed by atoms with van der Waals surface area (Å²) in [5.74, 6) is 0. The maximum Gasteiger partial charge on any atom is 0.178 e. The van der Waals surface area contributed by atoms with Gasteiger partial charge in [-0.2, -0.15) is 0 Å². The molecule has 3 rings (SSSR count). The van der Waals surface area contributed by atoms with E-state index < -0.39 is 0 Å². The van der Waals surface area contributed by atoms with Crippen molar-refractivity contribution in [1.82, 2.24) is 14.5 Å². The molecule has 1 saturated heterocycles. The van der Waals surface area contributed by atoms with Crippen molar-refractivity contribution in [2.45, 2.75) is 18.9 Å². The van der Waals surface area contributed by atoms with Crippen LogP contribution in [0.15, 0.2) is 18.2 Å². The van der Waals surface area contributed by atoms with E-state index in [0.29, 0.717) is 6.04 Å². The summed E-state index contributed by atoms with van der Waals surface area (Å²) in [5, 5.41) is 0.771. The summed E-state index contributed by atoms with van der Waals surface area (Å²) in [7, 11) is 2.16. The Balaban J connectivity index is 2.16. The number of hydrogen-bond donors (Lipinski definition) is 1. The molecule has 18 heavy (non-hydrogen) atoms. The Labute approximate surface area is 116 Å². The molecule has 2 aromatic rings. The molecule has 0 bridgehead atoms. The van der Waals surface area contributed by atoms with Crippen LogP contribution in [0.3, 0.4) is 0 Å². The third-order valence-corrected chi connectivity index (χ3v) is 4.26. The maximum absolute atomic E-state index is 6.33. The molecule has 1 unspecified atom stereocenters. The van der Waals surface area contributed by atoms with Crippen LogP contribution in [-0.4, -0.2) is 34.6 Å². The van der Waals surface area contributed by atoms with Gasteiger partial charge in [0.25, 0.3) is 0 Å². The number of aromatic nitrogens is 2. The SMILES string of the molecule is CN1CCCC(n2c(=S)[nH]c3cccc(Cl)c32)C1. The first-order chi connectivity index (χ1) is 8.66. The minimum atomic E-state index is 0.421. The van der Waals surface area contributed by atoms with E-state index in [4.69, 9.17) is 23.8 Å². The fourth-order valence-electron chi connectivity index (χ4n) is 2.84. The van der Waals surface area contributed by atoms with Gasteiger partial charge in [0.15, 0.2) is 4.77 Å². The average molecular weight is 282 g/mol. The maximum atomic E-state index is 6.33. The Morgan fingerprint density at radius 1 is 1.44 bits per heavy atom. The second-order valence-electron chi connectivity index (χ2n) is 4.99. The van der Waals surface area contributed by atoms with Gasteiger partial charge in [-0.25, -0.2) is 0 Å². The van der Waals surface area contributed by atoms with Crippen molar-refractivity contribution in [2.75, 3.05) is 20.1 Å². The van der Waals surface area contributed by atoms with E-state index in [2.05, 4.69) is 21.5 Å². The number of nitrogens with one attached hydrogen (secondary N) is 1. The minimum Gasteiger partial charge on any atom is -0.331 e. The van der Waals surface area contributed by atoms with Gasteiger partial charge in [-0.05, 0) is 50.8 Å². The molecule has 3 nitrogen and oxygen atoms in total. The molecule has 1 aliphatic rings. The Morgan fingerprint density at radius 2 is 2.28 bits per heavy atom. The van der Waals surface area contributed by atoms with Gasteiger partial charge in [0.1, 0.15) is 0 Å². The van der Waals surface area contributed by atoms with Crippen molar-refractivity contribution in [3.63, 3.8) is 0 Å². The lowest BCUT2D eigenvalue weighted by molar-refractivity contribution is 0.214. The predicted molar refractivity (Wildman–Crippen MR) is 77.9 cm³/mol. The molecule has 1 atom stereocenters. The van der Waals surface area contributed by atoms with E-state index in [1.54, 1.807) is 0 Å². The van der Waals surface area contributed by atoms with Crippen molar-refractivity contribution < 1.29 is 0 Å². The van der Waals surface area contributed by atoms with E-state index in [1.165, 1.54) is 13.0 Å². The molecule has 1 fully saturated rings. The summed E-state index contributed by atoms with van der Waals surface area (Å²) in [6, 6.07) is 6.33. The number of likely N-dealkylation sites (N-methyl/N-ethyl adjacent to an activating group) is 1. The molecule has 0 radical (unpaired) electrons. The summed E-state index contributed by atoms with van der Waals surface area (Å²) >= 11 is 11.8. The molecule has 1 aromatic carbocycles. The molecule has 5 heteroatoms. The summed E-state index contributed by atoms with van der Waals surface area (Å²) < 4.78 is 2.97. The number of nitrogens with zero attached hydrogens (tertiary/aromatic N) is 2. The van der Waals surface area contributed by atoms with Crippen LogP contribution in [0.1, 0.15) is 18.9 Å². The van der Waals surface area contributed by atoms with E-state index >= 15 is 0 Å². The van der Waals surface area contributed by atoms with Gasteiger partial charge in [0, 0.05) is 12.6 Å². The van der Waals surface area contributed by atoms with Gasteiger partial charge in [-0.15, -0.1) is 0 Å². The first-order valence-corrected chi connectivity index (χ1v) is 7.02. The van der Waals surface area contributed by atoms with Crippen LogP contribution in [0.4, 0.5) is 0 Å². The molecule has 0 amide bonds. The lowest BCUT2D eigenvalue weighted by Crippen LogP contribution is -2.33. The number of rotatable bonds is 1. The Hall–Kier alpha value is -0.840. The molecule has 0 saturated carbocycles. The molecule has 0 aliphatic carbocycles. The number of halogens is 1. The number of likely N-dealkylation sites (tertiary alicyclic amines) is 1. The van der Waals surface area contributed by atoms with Gasteiger partial charge in [-0.1, -0.05) is 17.7 Å². The zero-order valence-electron chi connectivity index (χ0n) is 10.3. The summed E-state index contributed by atoms with van der Waals surface area (Å²) in [4.78, 5) is 5.61. The molecular formula is C13H16ClN3S. The summed E-state index contributed by atoms with van der Waals surface area (Å²) in [6.45, 7) is 2.20. The lowest BCUT2D eigenvalue weighted by Gasteiger charge is -2.31. The first-order valence-electron chi connectivity index (χ1n) is 6.24. The topological polar surface area (TPSA) is 24.0 Å². The van der Waals surface area contributed by atoms with E-state index in [1.807, 2.05) is 18.2 Å². The van der Waals surface area contributed by atoms with E-state index in [0.717, 1.165) is 33.8 Å². The van der Waals surface area contributed by atoms with Gasteiger partial charge >= 0.3 is 0 Å². The van der Waals surface area contributed by atoms with Crippen molar-refractivity contribution >= 4 is 34.9 Å². The van der Waals surface area contributed by atoms with Gasteiger partial charge < -0.3 is 14.5 Å². The number of benzene rings is 1. The highest BCUT2D eigenvalue weighted by atomic mass is 35.5. The quantitative estimate of drug-likeness (QED) is 0.807. The highest BCUT2D eigenvalue weighted by Gasteiger charge is 2.22. The largest absolute Gasteiger partial charge is 0.331 e. The second kappa shape index (κ2) is 4.68. The van der Waals surface area contributed by atoms with Gasteiger partial charge in [-0.3, -0.25) is 0 Å². The van der Waals surface area contributed by atoms with Gasteiger partial charge in [0.2, 0.25) is 0 Å². The highest BCUT2D eigenvalue weighted by molar-refractivity contribution is 7.71. The zero-order valence-corrected chi connectivity index (χ0v) is 11.9. The number of imidazole rings is 1. The second-order valence-corrected chi connectivity index (χ2v) is 5.79. The molecule has 1 N–H and O–H groups in total. The number of hydrogen-bond acceptors (Lipinski definition) is 2. The number of para-hydroxylation sites is 1. The molecule has 0 spiro atoms. The Kier molecular flexibility index (Phi) is 3.18. The smallest absolute Gasteiger partial charge is 0.178 e. The van der Waals surface area contributed by atoms with Crippen LogP contribution in [-0.2, 0) is 0 Å². The monoisotopic (exact) mass is 281 g/mol. The van der Waals surface area contributed by atoms with Crippen molar-refractivity contribution in [2.24, 2.45) is 0 Å². The molecule has 1 aromatic heterocycles. The standard InChI is InChI=1S/C13H16ClN3S/c1-16-7-3-4-9(8-16)17-12-10(14)5-2-6-11(12)15-13(17)18/h2,5-6,9H,3-4,7-8H2,1H3,(H,15,18). The number of H-pyrrole nitrogens is 1. The molecule has 1 aliphatic heterocycles. The molecule has 2 heterocycles. The van der Waals surface area contributed by atoms with Crippen LogP contribution >= 0.6 is 23.8 Å². The fourth-order valence-corrected chi connectivity index (χ4v) is 3.45. The van der Waals surface area contributed by atoms with Gasteiger partial charge in [0.05, 0.1) is 16.1 Å². The Morgan fingerprint density at radius 3 is 3.06 bits per heavy atom. The van der Waals surface area contributed by atoms with E-state index in [-0.39, 0.29) is 0 Å². The molecule has 96 valence electrons. The molecular weight excluding hydrogens is 266 g/mol. The highest BCUT2D eigenvalue weighted by Crippen LogP contribution is 2.30. The van der Waals surface area contributed by atoms with Crippen molar-refractivity contribution in [1.29, 1.82) is 0 Å². The average Bonchev–Trinajstić information content (AvgIpc) is 2.67. The van der Waals surface area contributed by atoms with Crippen LogP contribution in [0.25, 0.3) is 11.0 Å². The van der Waals surface area contributed by atoms with Crippen LogP contribution < -0.4 is 0 Å². The summed E-state index contributed by atoms with van der Waals surface area (Å²) in [6.07, 6.45) is 2.37.